The van der Waals surface area contributed by atoms with Crippen LogP contribution in [-0.4, -0.2) is 17.8 Å². The van der Waals surface area contributed by atoms with Crippen molar-refractivity contribution in [3.8, 4) is 11.3 Å². The van der Waals surface area contributed by atoms with Crippen LogP contribution in [0.5, 0.6) is 0 Å². The lowest BCUT2D eigenvalue weighted by Gasteiger charge is -2.24. The summed E-state index contributed by atoms with van der Waals surface area (Å²) in [5, 5.41) is 4.82. The predicted molar refractivity (Wildman–Crippen MR) is 121 cm³/mol. The third kappa shape index (κ3) is 2.52. The van der Waals surface area contributed by atoms with Gasteiger partial charge in [-0.05, 0) is 52.0 Å². The highest BCUT2D eigenvalue weighted by Crippen LogP contribution is 2.42. The second-order valence-corrected chi connectivity index (χ2v) is 8.51. The van der Waals surface area contributed by atoms with Gasteiger partial charge in [-0.3, -0.25) is 4.98 Å². The number of furan rings is 1. The van der Waals surface area contributed by atoms with Crippen molar-refractivity contribution in [1.29, 1.82) is 0 Å². The lowest BCUT2D eigenvalue weighted by Crippen LogP contribution is -2.21. The smallest absolute Gasteiger partial charge is 0.227 e. The van der Waals surface area contributed by atoms with E-state index in [4.69, 9.17) is 9.40 Å². The number of nitrogens with zero attached hydrogens (tertiary/aromatic N) is 2. The number of hydrogen-bond donors (Lipinski definition) is 0. The molecule has 0 spiro atoms. The maximum atomic E-state index is 6.29. The molecule has 29 heavy (non-hydrogen) atoms. The molecule has 1 saturated carbocycles. The average Bonchev–Trinajstić information content (AvgIpc) is 3.38. The first kappa shape index (κ1) is 16.8. The molecule has 140 valence electrons. The summed E-state index contributed by atoms with van der Waals surface area (Å²) >= 11 is 0. The summed E-state index contributed by atoms with van der Waals surface area (Å²) in [6.07, 6.45) is 8.85. The van der Waals surface area contributed by atoms with Gasteiger partial charge in [0.25, 0.3) is 0 Å². The van der Waals surface area contributed by atoms with Crippen LogP contribution in [0.2, 0.25) is 0 Å². The van der Waals surface area contributed by atoms with Crippen LogP contribution in [0.1, 0.15) is 31.2 Å². The Balaban J connectivity index is 1.68. The van der Waals surface area contributed by atoms with E-state index in [1.165, 1.54) is 42.0 Å². The Hall–Kier alpha value is -3.14. The van der Waals surface area contributed by atoms with Crippen molar-refractivity contribution in [2.24, 2.45) is 0 Å². The molecule has 0 aliphatic heterocycles. The molecule has 2 aromatic carbocycles. The van der Waals surface area contributed by atoms with E-state index in [2.05, 4.69) is 61.4 Å². The van der Waals surface area contributed by atoms with Crippen molar-refractivity contribution in [3.63, 3.8) is 0 Å². The Kier molecular flexibility index (Phi) is 3.58. The third-order valence-corrected chi connectivity index (χ3v) is 6.68. The quantitative estimate of drug-likeness (QED) is 0.377. The Bertz CT molecular complexity index is 1380. The minimum atomic E-state index is 0.253. The van der Waals surface area contributed by atoms with E-state index >= 15 is 0 Å². The lowest BCUT2D eigenvalue weighted by atomic mass is 9.63. The summed E-state index contributed by atoms with van der Waals surface area (Å²) in [6.45, 7) is 0. The minimum Gasteiger partial charge on any atom is -0.437 e. The largest absolute Gasteiger partial charge is 0.437 e. The minimum absolute atomic E-state index is 0.253. The maximum absolute atomic E-state index is 6.29. The molecule has 0 amide bonds. The third-order valence-electron chi connectivity index (χ3n) is 6.68. The van der Waals surface area contributed by atoms with Crippen LogP contribution < -0.4 is 0 Å². The first-order chi connectivity index (χ1) is 14.2. The van der Waals surface area contributed by atoms with Crippen molar-refractivity contribution >= 4 is 40.7 Å². The molecule has 4 heteroatoms. The van der Waals surface area contributed by atoms with E-state index in [1.807, 2.05) is 12.3 Å². The molecule has 3 aromatic heterocycles. The molecule has 6 rings (SSSR count). The molecule has 0 bridgehead atoms. The molecule has 3 heterocycles. The molecule has 0 N–H and O–H groups in total. The zero-order valence-electron chi connectivity index (χ0n) is 16.5. The van der Waals surface area contributed by atoms with Gasteiger partial charge in [0.2, 0.25) is 5.71 Å². The second kappa shape index (κ2) is 6.18. The number of fused-ring (bicyclic) bond motifs is 5. The molecule has 0 atom stereocenters. The molecule has 1 aliphatic carbocycles. The maximum Gasteiger partial charge on any atom is 0.227 e. The fourth-order valence-corrected chi connectivity index (χ4v) is 5.05. The number of benzene rings is 2. The van der Waals surface area contributed by atoms with E-state index in [9.17, 15) is 0 Å². The van der Waals surface area contributed by atoms with Crippen LogP contribution in [0.15, 0.2) is 71.4 Å². The SMILES string of the molecule is BC1(c2ccnc(-c3cc4ccccc4c4c3oc3ncccc34)c2)CCCC1. The zero-order chi connectivity index (χ0) is 19.4. The molecule has 1 fully saturated rings. The Morgan fingerprint density at radius 1 is 0.862 bits per heavy atom. The van der Waals surface area contributed by atoms with E-state index in [-0.39, 0.29) is 5.31 Å². The standard InChI is InChI=1S/C25H21BN2O/c26-25(10-3-4-11-25)17-9-13-27-21(15-17)20-14-16-6-1-2-7-18(16)22-19-8-5-12-28-24(19)29-23(20)22/h1-2,5-9,12-15H,3-4,10-11,26H2. The van der Waals surface area contributed by atoms with Gasteiger partial charge in [0.15, 0.2) is 0 Å². The first-order valence-corrected chi connectivity index (χ1v) is 10.4. The van der Waals surface area contributed by atoms with Crippen molar-refractivity contribution in [2.45, 2.75) is 31.0 Å². The number of aromatic nitrogens is 2. The zero-order valence-corrected chi connectivity index (χ0v) is 16.5. The molecule has 3 nitrogen and oxygen atoms in total. The van der Waals surface area contributed by atoms with Crippen molar-refractivity contribution in [2.75, 3.05) is 0 Å². The Labute approximate surface area is 170 Å². The average molecular weight is 376 g/mol. The highest BCUT2D eigenvalue weighted by molar-refractivity contribution is 6.22. The summed E-state index contributed by atoms with van der Waals surface area (Å²) in [5.41, 5.74) is 4.96. The summed E-state index contributed by atoms with van der Waals surface area (Å²) in [4.78, 5) is 9.22. The van der Waals surface area contributed by atoms with Crippen LogP contribution in [0, 0.1) is 0 Å². The molecule has 0 unspecified atom stereocenters. The Morgan fingerprint density at radius 3 is 2.59 bits per heavy atom. The normalized spacial score (nSPS) is 16.1. The number of pyridine rings is 2. The summed E-state index contributed by atoms with van der Waals surface area (Å²) in [5.74, 6) is 0. The van der Waals surface area contributed by atoms with Gasteiger partial charge in [0.1, 0.15) is 13.4 Å². The highest BCUT2D eigenvalue weighted by atomic mass is 16.3. The number of rotatable bonds is 2. The first-order valence-electron chi connectivity index (χ1n) is 10.4. The molecular formula is C25H21BN2O. The molecule has 0 saturated heterocycles. The summed E-state index contributed by atoms with van der Waals surface area (Å²) < 4.78 is 6.29. The van der Waals surface area contributed by atoms with Crippen molar-refractivity contribution in [3.05, 3.63) is 72.6 Å². The van der Waals surface area contributed by atoms with E-state index in [0.717, 1.165) is 27.6 Å². The van der Waals surface area contributed by atoms with E-state index < -0.39 is 0 Å². The van der Waals surface area contributed by atoms with Gasteiger partial charge in [0.05, 0.1) is 5.69 Å². The monoisotopic (exact) mass is 376 g/mol. The molecule has 0 radical (unpaired) electrons. The topological polar surface area (TPSA) is 38.9 Å². The Morgan fingerprint density at radius 2 is 1.69 bits per heavy atom. The van der Waals surface area contributed by atoms with Gasteiger partial charge in [-0.2, -0.15) is 0 Å². The molecule has 1 aliphatic rings. The van der Waals surface area contributed by atoms with Gasteiger partial charge >= 0.3 is 0 Å². The van der Waals surface area contributed by atoms with Crippen LogP contribution >= 0.6 is 0 Å². The molecular weight excluding hydrogens is 355 g/mol. The van der Waals surface area contributed by atoms with Crippen LogP contribution in [0.25, 0.3) is 44.1 Å². The summed E-state index contributed by atoms with van der Waals surface area (Å²) in [6, 6.07) is 19.2. The van der Waals surface area contributed by atoms with Crippen molar-refractivity contribution < 1.29 is 4.42 Å². The summed E-state index contributed by atoms with van der Waals surface area (Å²) in [7, 11) is 2.39. The second-order valence-electron chi connectivity index (χ2n) is 8.51. The van der Waals surface area contributed by atoms with Gasteiger partial charge in [-0.25, -0.2) is 4.98 Å². The van der Waals surface area contributed by atoms with Gasteiger partial charge in [-0.1, -0.05) is 49.9 Å². The lowest BCUT2D eigenvalue weighted by molar-refractivity contribution is 0.634. The highest BCUT2D eigenvalue weighted by Gasteiger charge is 2.31. The predicted octanol–water partition coefficient (Wildman–Crippen LogP) is 5.60. The fraction of sp³-hybridized carbons (Fsp3) is 0.200. The van der Waals surface area contributed by atoms with Crippen molar-refractivity contribution in [1.82, 2.24) is 9.97 Å². The molecule has 5 aromatic rings. The van der Waals surface area contributed by atoms with Crippen LogP contribution in [0.4, 0.5) is 0 Å². The van der Waals surface area contributed by atoms with E-state index in [1.54, 1.807) is 6.20 Å². The van der Waals surface area contributed by atoms with Crippen LogP contribution in [-0.2, 0) is 5.31 Å². The fourth-order valence-electron chi connectivity index (χ4n) is 5.05. The van der Waals surface area contributed by atoms with Crippen LogP contribution in [0.3, 0.4) is 0 Å². The van der Waals surface area contributed by atoms with Gasteiger partial charge < -0.3 is 4.42 Å². The van der Waals surface area contributed by atoms with Gasteiger partial charge in [-0.15, -0.1) is 0 Å². The van der Waals surface area contributed by atoms with Gasteiger partial charge in [0, 0.05) is 28.7 Å². The van der Waals surface area contributed by atoms with E-state index in [0.29, 0.717) is 5.71 Å². The number of hydrogen-bond acceptors (Lipinski definition) is 3.